The molecule has 1 heterocycles. The van der Waals surface area contributed by atoms with Crippen LogP contribution in [0, 0.1) is 11.8 Å². The number of hydrogen-bond donors (Lipinski definition) is 3. The summed E-state index contributed by atoms with van der Waals surface area (Å²) in [6.45, 7) is 9.39. The zero-order valence-corrected chi connectivity index (χ0v) is 15.6. The van der Waals surface area contributed by atoms with Gasteiger partial charge in [-0.3, -0.25) is 0 Å². The number of hydrogen-bond acceptors (Lipinski definition) is 3. The van der Waals surface area contributed by atoms with Gasteiger partial charge in [-0.05, 0) is 48.8 Å². The second-order valence-electron chi connectivity index (χ2n) is 7.52. The van der Waals surface area contributed by atoms with Crippen LogP contribution in [-0.4, -0.2) is 48.8 Å². The molecule has 0 aromatic heterocycles. The third-order valence-corrected chi connectivity index (χ3v) is 4.68. The van der Waals surface area contributed by atoms with Crippen LogP contribution in [0.3, 0.4) is 0 Å². The van der Waals surface area contributed by atoms with E-state index in [0.29, 0.717) is 18.4 Å². The van der Waals surface area contributed by atoms with Gasteiger partial charge in [0.25, 0.3) is 0 Å². The molecule has 0 saturated carbocycles. The van der Waals surface area contributed by atoms with Gasteiger partial charge < -0.3 is 20.6 Å². The topological polar surface area (TPSA) is 64.6 Å². The third kappa shape index (κ3) is 7.45. The first kappa shape index (κ1) is 19.7. The molecule has 1 aliphatic rings. The van der Waals surface area contributed by atoms with Crippen molar-refractivity contribution in [3.05, 3.63) is 35.4 Å². The molecule has 1 aliphatic heterocycles. The van der Waals surface area contributed by atoms with E-state index < -0.39 is 0 Å². The number of carbonyl (C=O) groups excluding carboxylic acids is 1. The summed E-state index contributed by atoms with van der Waals surface area (Å²) in [6.07, 6.45) is 3.22. The Morgan fingerprint density at radius 2 is 1.96 bits per heavy atom. The van der Waals surface area contributed by atoms with Crippen molar-refractivity contribution >= 4 is 6.03 Å². The second kappa shape index (κ2) is 10.4. The molecule has 0 radical (unpaired) electrons. The molecule has 2 amide bonds. The zero-order valence-electron chi connectivity index (χ0n) is 15.6. The number of piperidine rings is 1. The molecule has 2 rings (SSSR count). The molecular weight excluding hydrogens is 314 g/mol. The smallest absolute Gasteiger partial charge is 0.314 e. The van der Waals surface area contributed by atoms with E-state index in [1.807, 2.05) is 24.3 Å². The number of aliphatic hydroxyl groups is 1. The predicted molar refractivity (Wildman–Crippen MR) is 101 cm³/mol. The normalized spacial score (nSPS) is 18.3. The van der Waals surface area contributed by atoms with Gasteiger partial charge in [-0.1, -0.05) is 38.1 Å². The minimum atomic E-state index is -0.0760. The van der Waals surface area contributed by atoms with Gasteiger partial charge in [-0.2, -0.15) is 0 Å². The highest BCUT2D eigenvalue weighted by Crippen LogP contribution is 2.16. The van der Waals surface area contributed by atoms with E-state index in [2.05, 4.69) is 29.4 Å². The molecule has 1 unspecified atom stereocenters. The highest BCUT2D eigenvalue weighted by atomic mass is 16.3. The van der Waals surface area contributed by atoms with Gasteiger partial charge in [0.05, 0.1) is 6.61 Å². The number of nitrogens with zero attached hydrogens (tertiary/aromatic N) is 1. The zero-order chi connectivity index (χ0) is 18.1. The van der Waals surface area contributed by atoms with Crippen molar-refractivity contribution in [2.24, 2.45) is 11.8 Å². The van der Waals surface area contributed by atoms with Crippen molar-refractivity contribution in [3.8, 4) is 0 Å². The fourth-order valence-corrected chi connectivity index (χ4v) is 3.43. The van der Waals surface area contributed by atoms with Gasteiger partial charge in [0.1, 0.15) is 0 Å². The number of urea groups is 1. The first-order valence-electron chi connectivity index (χ1n) is 9.49. The Labute approximate surface area is 151 Å². The van der Waals surface area contributed by atoms with Crippen LogP contribution in [0.1, 0.15) is 37.8 Å². The molecule has 1 aromatic carbocycles. The Morgan fingerprint density at radius 1 is 1.24 bits per heavy atom. The first-order valence-corrected chi connectivity index (χ1v) is 9.49. The van der Waals surface area contributed by atoms with Crippen LogP contribution in [0.2, 0.25) is 0 Å². The van der Waals surface area contributed by atoms with Crippen LogP contribution in [0.15, 0.2) is 24.3 Å². The minimum Gasteiger partial charge on any atom is -0.392 e. The fourth-order valence-electron chi connectivity index (χ4n) is 3.43. The third-order valence-electron chi connectivity index (χ3n) is 4.68. The largest absolute Gasteiger partial charge is 0.392 e. The van der Waals surface area contributed by atoms with Crippen LogP contribution < -0.4 is 10.6 Å². The second-order valence-corrected chi connectivity index (χ2v) is 7.52. The summed E-state index contributed by atoms with van der Waals surface area (Å²) < 4.78 is 0. The Bertz CT molecular complexity index is 516. The van der Waals surface area contributed by atoms with Gasteiger partial charge in [0.2, 0.25) is 0 Å². The summed E-state index contributed by atoms with van der Waals surface area (Å²) in [5.74, 6) is 1.26. The molecule has 1 atom stereocenters. The molecule has 5 heteroatoms. The van der Waals surface area contributed by atoms with Crippen molar-refractivity contribution in [2.45, 2.75) is 39.7 Å². The molecule has 1 aromatic rings. The molecule has 5 nitrogen and oxygen atoms in total. The molecular formula is C20H33N3O2. The number of aliphatic hydroxyl groups excluding tert-OH is 1. The van der Waals surface area contributed by atoms with Gasteiger partial charge in [-0.25, -0.2) is 4.79 Å². The SMILES string of the molecule is CC(C)CN1CCCC(CNC(=O)NCCc2ccc(CO)cc2)C1. The number of amides is 2. The maximum absolute atomic E-state index is 12.0. The molecule has 0 spiro atoms. The van der Waals surface area contributed by atoms with E-state index in [9.17, 15) is 4.79 Å². The number of rotatable bonds is 8. The number of nitrogens with one attached hydrogen (secondary N) is 2. The van der Waals surface area contributed by atoms with Crippen LogP contribution in [-0.2, 0) is 13.0 Å². The average molecular weight is 348 g/mol. The van der Waals surface area contributed by atoms with Crippen molar-refractivity contribution in [1.82, 2.24) is 15.5 Å². The summed E-state index contributed by atoms with van der Waals surface area (Å²) in [4.78, 5) is 14.5. The predicted octanol–water partition coefficient (Wildman–Crippen LogP) is 2.39. The number of carbonyl (C=O) groups is 1. The van der Waals surface area contributed by atoms with Crippen molar-refractivity contribution in [2.75, 3.05) is 32.7 Å². The quantitative estimate of drug-likeness (QED) is 0.676. The highest BCUT2D eigenvalue weighted by Gasteiger charge is 2.20. The average Bonchev–Trinajstić information content (AvgIpc) is 2.60. The molecule has 140 valence electrons. The maximum atomic E-state index is 12.0. The lowest BCUT2D eigenvalue weighted by Gasteiger charge is -2.33. The lowest BCUT2D eigenvalue weighted by molar-refractivity contribution is 0.157. The first-order chi connectivity index (χ1) is 12.1. The van der Waals surface area contributed by atoms with E-state index in [0.717, 1.165) is 37.2 Å². The standard InChI is InChI=1S/C20H33N3O2/c1-16(2)13-23-11-3-4-19(14-23)12-22-20(25)21-10-9-17-5-7-18(15-24)8-6-17/h5-8,16,19,24H,3-4,9-15H2,1-2H3,(H2,21,22,25). The number of benzene rings is 1. The van der Waals surface area contributed by atoms with Crippen LogP contribution >= 0.6 is 0 Å². The Balaban J connectivity index is 1.61. The Morgan fingerprint density at radius 3 is 2.64 bits per heavy atom. The molecule has 1 fully saturated rings. The highest BCUT2D eigenvalue weighted by molar-refractivity contribution is 5.73. The molecule has 3 N–H and O–H groups in total. The number of likely N-dealkylation sites (tertiary alicyclic amines) is 1. The Kier molecular flexibility index (Phi) is 8.22. The summed E-state index contributed by atoms with van der Waals surface area (Å²) in [7, 11) is 0. The molecule has 0 aliphatic carbocycles. The molecule has 1 saturated heterocycles. The van der Waals surface area contributed by atoms with Crippen molar-refractivity contribution in [3.63, 3.8) is 0 Å². The minimum absolute atomic E-state index is 0.0662. The van der Waals surface area contributed by atoms with Crippen LogP contribution in [0.25, 0.3) is 0 Å². The summed E-state index contributed by atoms with van der Waals surface area (Å²) >= 11 is 0. The van der Waals surface area contributed by atoms with E-state index >= 15 is 0 Å². The van der Waals surface area contributed by atoms with Crippen LogP contribution in [0.5, 0.6) is 0 Å². The van der Waals surface area contributed by atoms with Gasteiger partial charge in [0, 0.05) is 26.2 Å². The molecule has 25 heavy (non-hydrogen) atoms. The maximum Gasteiger partial charge on any atom is 0.314 e. The lowest BCUT2D eigenvalue weighted by atomic mass is 9.97. The van der Waals surface area contributed by atoms with Crippen molar-refractivity contribution < 1.29 is 9.90 Å². The Hall–Kier alpha value is -1.59. The van der Waals surface area contributed by atoms with Gasteiger partial charge in [-0.15, -0.1) is 0 Å². The lowest BCUT2D eigenvalue weighted by Crippen LogP contribution is -2.44. The van der Waals surface area contributed by atoms with Gasteiger partial charge in [0.15, 0.2) is 0 Å². The van der Waals surface area contributed by atoms with Gasteiger partial charge >= 0.3 is 6.03 Å². The van der Waals surface area contributed by atoms with E-state index in [4.69, 9.17) is 5.11 Å². The summed E-state index contributed by atoms with van der Waals surface area (Å²) in [5.41, 5.74) is 2.07. The summed E-state index contributed by atoms with van der Waals surface area (Å²) in [6, 6.07) is 7.75. The summed E-state index contributed by atoms with van der Waals surface area (Å²) in [5, 5.41) is 15.0. The molecule has 0 bridgehead atoms. The van der Waals surface area contributed by atoms with Crippen molar-refractivity contribution in [1.29, 1.82) is 0 Å². The van der Waals surface area contributed by atoms with E-state index in [-0.39, 0.29) is 12.6 Å². The van der Waals surface area contributed by atoms with E-state index in [1.54, 1.807) is 0 Å². The van der Waals surface area contributed by atoms with E-state index in [1.165, 1.54) is 19.4 Å². The van der Waals surface area contributed by atoms with Crippen LogP contribution in [0.4, 0.5) is 4.79 Å². The monoisotopic (exact) mass is 347 g/mol. The fraction of sp³-hybridized carbons (Fsp3) is 0.650.